The van der Waals surface area contributed by atoms with Gasteiger partial charge < -0.3 is 10.2 Å². The first kappa shape index (κ1) is 16.5. The maximum atomic E-state index is 11.4. The summed E-state index contributed by atoms with van der Waals surface area (Å²) < 4.78 is 0. The second kappa shape index (κ2) is 7.07. The van der Waals surface area contributed by atoms with Gasteiger partial charge in [0, 0.05) is 36.6 Å². The predicted molar refractivity (Wildman–Crippen MR) is 89.3 cm³/mol. The summed E-state index contributed by atoms with van der Waals surface area (Å²) in [5, 5.41) is 19.0. The molecule has 2 heterocycles. The lowest BCUT2D eigenvalue weighted by Gasteiger charge is -2.35. The SMILES string of the molecule is Cc1ccccc1-c1ncc(CN2CC[C@H](O)C[C@@H]2C(=O)O)cn1. The molecule has 0 aliphatic carbocycles. The zero-order valence-corrected chi connectivity index (χ0v) is 13.6. The van der Waals surface area contributed by atoms with E-state index in [1.54, 1.807) is 12.4 Å². The first-order valence-electron chi connectivity index (χ1n) is 8.06. The third-order valence-electron chi connectivity index (χ3n) is 4.45. The topological polar surface area (TPSA) is 86.5 Å². The van der Waals surface area contributed by atoms with Crippen LogP contribution in [-0.2, 0) is 11.3 Å². The fraction of sp³-hybridized carbons (Fsp3) is 0.389. The molecule has 0 saturated carbocycles. The highest BCUT2D eigenvalue weighted by Gasteiger charge is 2.32. The van der Waals surface area contributed by atoms with Gasteiger partial charge in [-0.05, 0) is 25.3 Å². The van der Waals surface area contributed by atoms with Crippen LogP contribution in [-0.4, -0.2) is 49.7 Å². The molecule has 1 aromatic heterocycles. The van der Waals surface area contributed by atoms with Crippen molar-refractivity contribution < 1.29 is 15.0 Å². The van der Waals surface area contributed by atoms with E-state index in [9.17, 15) is 15.0 Å². The van der Waals surface area contributed by atoms with Crippen LogP contribution in [0.3, 0.4) is 0 Å². The number of rotatable bonds is 4. The number of nitrogens with zero attached hydrogens (tertiary/aromatic N) is 3. The summed E-state index contributed by atoms with van der Waals surface area (Å²) in [6.45, 7) is 3.04. The molecule has 2 aromatic rings. The van der Waals surface area contributed by atoms with E-state index in [1.807, 2.05) is 36.1 Å². The van der Waals surface area contributed by atoms with E-state index in [0.29, 0.717) is 25.3 Å². The number of hydrogen-bond acceptors (Lipinski definition) is 5. The fourth-order valence-corrected chi connectivity index (χ4v) is 3.08. The van der Waals surface area contributed by atoms with E-state index in [0.717, 1.165) is 16.7 Å². The minimum atomic E-state index is -0.897. The number of benzene rings is 1. The normalized spacial score (nSPS) is 21.6. The Bertz CT molecular complexity index is 718. The molecule has 6 heteroatoms. The van der Waals surface area contributed by atoms with Crippen LogP contribution in [0, 0.1) is 6.92 Å². The van der Waals surface area contributed by atoms with Crippen molar-refractivity contribution in [1.82, 2.24) is 14.9 Å². The summed E-state index contributed by atoms with van der Waals surface area (Å²) >= 11 is 0. The number of aliphatic hydroxyl groups is 1. The molecule has 1 aliphatic heterocycles. The molecule has 24 heavy (non-hydrogen) atoms. The van der Waals surface area contributed by atoms with E-state index in [1.165, 1.54) is 0 Å². The van der Waals surface area contributed by atoms with Gasteiger partial charge in [-0.1, -0.05) is 24.3 Å². The van der Waals surface area contributed by atoms with E-state index < -0.39 is 18.1 Å². The van der Waals surface area contributed by atoms with Gasteiger partial charge in [0.25, 0.3) is 0 Å². The number of aliphatic hydroxyl groups excluding tert-OH is 1. The average molecular weight is 327 g/mol. The molecule has 0 unspecified atom stereocenters. The van der Waals surface area contributed by atoms with Crippen LogP contribution in [0.2, 0.25) is 0 Å². The highest BCUT2D eigenvalue weighted by atomic mass is 16.4. The third kappa shape index (κ3) is 3.60. The molecule has 1 fully saturated rings. The van der Waals surface area contributed by atoms with Crippen molar-refractivity contribution in [3.05, 3.63) is 47.8 Å². The molecular weight excluding hydrogens is 306 g/mol. The van der Waals surface area contributed by atoms with Crippen LogP contribution in [0.4, 0.5) is 0 Å². The summed E-state index contributed by atoms with van der Waals surface area (Å²) in [4.78, 5) is 22.1. The minimum Gasteiger partial charge on any atom is -0.480 e. The minimum absolute atomic E-state index is 0.261. The molecule has 0 amide bonds. The van der Waals surface area contributed by atoms with E-state index in [2.05, 4.69) is 9.97 Å². The highest BCUT2D eigenvalue weighted by molar-refractivity contribution is 5.73. The van der Waals surface area contributed by atoms with Crippen molar-refractivity contribution in [2.75, 3.05) is 6.54 Å². The molecule has 2 N–H and O–H groups in total. The third-order valence-corrected chi connectivity index (χ3v) is 4.45. The molecule has 0 bridgehead atoms. The van der Waals surface area contributed by atoms with Crippen molar-refractivity contribution >= 4 is 5.97 Å². The number of aromatic nitrogens is 2. The van der Waals surface area contributed by atoms with Crippen LogP contribution in [0.25, 0.3) is 11.4 Å². The molecule has 3 rings (SSSR count). The quantitative estimate of drug-likeness (QED) is 0.891. The van der Waals surface area contributed by atoms with Crippen LogP contribution in [0.15, 0.2) is 36.7 Å². The zero-order valence-electron chi connectivity index (χ0n) is 13.6. The number of piperidine rings is 1. The molecule has 0 radical (unpaired) electrons. The summed E-state index contributed by atoms with van der Waals surface area (Å²) in [5.74, 6) is -0.230. The Morgan fingerprint density at radius 2 is 2.00 bits per heavy atom. The smallest absolute Gasteiger partial charge is 0.321 e. The van der Waals surface area contributed by atoms with Crippen LogP contribution in [0.5, 0.6) is 0 Å². The van der Waals surface area contributed by atoms with Crippen LogP contribution >= 0.6 is 0 Å². The van der Waals surface area contributed by atoms with Crippen molar-refractivity contribution in [2.45, 2.75) is 38.5 Å². The average Bonchev–Trinajstić information content (AvgIpc) is 2.57. The monoisotopic (exact) mass is 327 g/mol. The summed E-state index contributed by atoms with van der Waals surface area (Å²) in [6, 6.07) is 7.27. The summed E-state index contributed by atoms with van der Waals surface area (Å²) in [7, 11) is 0. The van der Waals surface area contributed by atoms with Gasteiger partial charge in [-0.25, -0.2) is 9.97 Å². The predicted octanol–water partition coefficient (Wildman–Crippen LogP) is 1.86. The lowest BCUT2D eigenvalue weighted by Crippen LogP contribution is -2.48. The van der Waals surface area contributed by atoms with Crippen LogP contribution in [0.1, 0.15) is 24.0 Å². The standard InChI is InChI=1S/C18H21N3O3/c1-12-4-2-3-5-15(12)17-19-9-13(10-20-17)11-21-7-6-14(22)8-16(21)18(23)24/h2-5,9-10,14,16,22H,6-8,11H2,1H3,(H,23,24)/t14-,16+/m0/s1. The number of aliphatic carboxylic acids is 1. The summed E-state index contributed by atoms with van der Waals surface area (Å²) in [6.07, 6.45) is 3.81. The Morgan fingerprint density at radius 3 is 2.67 bits per heavy atom. The number of hydrogen-bond donors (Lipinski definition) is 2. The molecule has 2 atom stereocenters. The second-order valence-electron chi connectivity index (χ2n) is 6.23. The van der Waals surface area contributed by atoms with Gasteiger partial charge in [0.2, 0.25) is 0 Å². The summed E-state index contributed by atoms with van der Waals surface area (Å²) in [5.41, 5.74) is 2.98. The van der Waals surface area contributed by atoms with Gasteiger partial charge in [0.05, 0.1) is 6.10 Å². The largest absolute Gasteiger partial charge is 0.480 e. The lowest BCUT2D eigenvalue weighted by molar-refractivity contribution is -0.147. The van der Waals surface area contributed by atoms with E-state index >= 15 is 0 Å². The lowest BCUT2D eigenvalue weighted by atomic mass is 9.99. The molecule has 126 valence electrons. The van der Waals surface area contributed by atoms with Gasteiger partial charge in [0.15, 0.2) is 5.82 Å². The Hall–Kier alpha value is -2.31. The van der Waals surface area contributed by atoms with E-state index in [4.69, 9.17) is 0 Å². The Kier molecular flexibility index (Phi) is 4.87. The molecule has 1 aromatic carbocycles. The molecule has 1 saturated heterocycles. The molecule has 6 nitrogen and oxygen atoms in total. The second-order valence-corrected chi connectivity index (χ2v) is 6.23. The maximum Gasteiger partial charge on any atom is 0.321 e. The van der Waals surface area contributed by atoms with Crippen molar-refractivity contribution in [1.29, 1.82) is 0 Å². The molecule has 1 aliphatic rings. The van der Waals surface area contributed by atoms with Crippen molar-refractivity contribution in [2.24, 2.45) is 0 Å². The fourth-order valence-electron chi connectivity index (χ4n) is 3.08. The van der Waals surface area contributed by atoms with Gasteiger partial charge in [0.1, 0.15) is 6.04 Å². The number of carbonyl (C=O) groups is 1. The van der Waals surface area contributed by atoms with E-state index in [-0.39, 0.29) is 6.42 Å². The highest BCUT2D eigenvalue weighted by Crippen LogP contribution is 2.22. The number of likely N-dealkylation sites (tertiary alicyclic amines) is 1. The zero-order chi connectivity index (χ0) is 17.1. The number of aryl methyl sites for hydroxylation is 1. The van der Waals surface area contributed by atoms with Gasteiger partial charge in [-0.3, -0.25) is 9.69 Å². The molecular formula is C18H21N3O3. The van der Waals surface area contributed by atoms with Gasteiger partial charge in [-0.2, -0.15) is 0 Å². The Labute approximate surface area is 140 Å². The van der Waals surface area contributed by atoms with Crippen LogP contribution < -0.4 is 0 Å². The van der Waals surface area contributed by atoms with Crippen molar-refractivity contribution in [3.63, 3.8) is 0 Å². The van der Waals surface area contributed by atoms with Gasteiger partial charge in [-0.15, -0.1) is 0 Å². The first-order valence-corrected chi connectivity index (χ1v) is 8.06. The number of carboxylic acids is 1. The molecule has 0 spiro atoms. The first-order chi connectivity index (χ1) is 11.5. The van der Waals surface area contributed by atoms with Gasteiger partial charge >= 0.3 is 5.97 Å². The number of carboxylic acid groups (broad SMARTS) is 1. The van der Waals surface area contributed by atoms with Crippen molar-refractivity contribution in [3.8, 4) is 11.4 Å². The maximum absolute atomic E-state index is 11.4. The Morgan fingerprint density at radius 1 is 1.29 bits per heavy atom. The Balaban J connectivity index is 1.74.